The van der Waals surface area contributed by atoms with E-state index in [9.17, 15) is 4.79 Å². The van der Waals surface area contributed by atoms with Gasteiger partial charge in [-0.3, -0.25) is 4.79 Å². The molecule has 1 nitrogen and oxygen atoms in total. The van der Waals surface area contributed by atoms with E-state index in [1.54, 1.807) is 11.8 Å². The van der Waals surface area contributed by atoms with Crippen molar-refractivity contribution in [2.24, 2.45) is 0 Å². The maximum Gasteiger partial charge on any atom is 0.193 e. The van der Waals surface area contributed by atoms with Crippen molar-refractivity contribution in [3.63, 3.8) is 0 Å². The standard InChI is InChI=1S/C20H17OPS/c1-23-19-14-12-16(13-15-19)20(21)22(17-8-4-2-5-9-17)18-10-6-3-7-11-18/h2-15H,1H3. The van der Waals surface area contributed by atoms with Crippen LogP contribution in [0.3, 0.4) is 0 Å². The molecule has 3 aromatic rings. The SMILES string of the molecule is CSc1ccc(C(=O)P(c2ccccc2)c2ccccc2)cc1. The zero-order chi connectivity index (χ0) is 16.1. The van der Waals surface area contributed by atoms with Gasteiger partial charge in [0.25, 0.3) is 0 Å². The molecule has 0 N–H and O–H groups in total. The molecular formula is C20H17OPS. The molecule has 3 rings (SSSR count). The van der Waals surface area contributed by atoms with Crippen LogP contribution in [0, 0.1) is 0 Å². The summed E-state index contributed by atoms with van der Waals surface area (Å²) >= 11 is 1.68. The first-order valence-corrected chi connectivity index (χ1v) is 9.95. The average molecular weight is 336 g/mol. The summed E-state index contributed by atoms with van der Waals surface area (Å²) < 4.78 is 0. The van der Waals surface area contributed by atoms with E-state index in [-0.39, 0.29) is 5.52 Å². The summed E-state index contributed by atoms with van der Waals surface area (Å²) in [6.07, 6.45) is 2.04. The van der Waals surface area contributed by atoms with Gasteiger partial charge in [-0.1, -0.05) is 60.7 Å². The molecule has 0 atom stereocenters. The Kier molecular flexibility index (Phi) is 5.27. The third kappa shape index (κ3) is 3.72. The number of benzene rings is 3. The number of hydrogen-bond donors (Lipinski definition) is 0. The zero-order valence-corrected chi connectivity index (χ0v) is 14.6. The molecule has 0 fully saturated rings. The fourth-order valence-corrected chi connectivity index (χ4v) is 4.92. The smallest absolute Gasteiger partial charge is 0.193 e. The Hall–Kier alpha value is -1.89. The Morgan fingerprint density at radius 2 is 1.22 bits per heavy atom. The zero-order valence-electron chi connectivity index (χ0n) is 12.8. The lowest BCUT2D eigenvalue weighted by Gasteiger charge is -2.17. The number of carbonyl (C=O) groups is 1. The molecule has 23 heavy (non-hydrogen) atoms. The van der Waals surface area contributed by atoms with Crippen molar-refractivity contribution in [2.75, 3.05) is 6.26 Å². The van der Waals surface area contributed by atoms with Gasteiger partial charge in [0.2, 0.25) is 0 Å². The lowest BCUT2D eigenvalue weighted by atomic mass is 10.2. The molecule has 3 aromatic carbocycles. The highest BCUT2D eigenvalue weighted by molar-refractivity contribution is 7.98. The second kappa shape index (κ2) is 7.59. The van der Waals surface area contributed by atoms with Crippen LogP contribution in [0.25, 0.3) is 0 Å². The van der Waals surface area contributed by atoms with E-state index >= 15 is 0 Å². The van der Waals surface area contributed by atoms with E-state index in [4.69, 9.17) is 0 Å². The molecule has 0 bridgehead atoms. The molecule has 0 saturated heterocycles. The fraction of sp³-hybridized carbons (Fsp3) is 0.0500. The first kappa shape index (κ1) is 16.0. The predicted molar refractivity (Wildman–Crippen MR) is 102 cm³/mol. The highest BCUT2D eigenvalue weighted by atomic mass is 32.2. The molecule has 0 saturated carbocycles. The summed E-state index contributed by atoms with van der Waals surface area (Å²) in [5.41, 5.74) is 0.978. The van der Waals surface area contributed by atoms with Crippen LogP contribution >= 0.6 is 19.7 Å². The van der Waals surface area contributed by atoms with Crippen LogP contribution in [0.4, 0.5) is 0 Å². The molecule has 0 aliphatic carbocycles. The molecule has 0 aromatic heterocycles. The number of carbonyl (C=O) groups excluding carboxylic acids is 1. The van der Waals surface area contributed by atoms with Gasteiger partial charge in [-0.25, -0.2) is 0 Å². The number of thioether (sulfide) groups is 1. The highest BCUT2D eigenvalue weighted by Crippen LogP contribution is 2.37. The average Bonchev–Trinajstić information content (AvgIpc) is 2.64. The van der Waals surface area contributed by atoms with Crippen molar-refractivity contribution in [2.45, 2.75) is 4.90 Å². The molecular weight excluding hydrogens is 319 g/mol. The minimum absolute atomic E-state index is 0.199. The van der Waals surface area contributed by atoms with Crippen molar-refractivity contribution in [1.82, 2.24) is 0 Å². The van der Waals surface area contributed by atoms with Crippen molar-refractivity contribution >= 4 is 35.8 Å². The van der Waals surface area contributed by atoms with E-state index < -0.39 is 7.92 Å². The van der Waals surface area contributed by atoms with Crippen molar-refractivity contribution in [3.8, 4) is 0 Å². The lowest BCUT2D eigenvalue weighted by Crippen LogP contribution is -2.18. The number of rotatable bonds is 5. The minimum atomic E-state index is -1.05. The quantitative estimate of drug-likeness (QED) is 0.497. The van der Waals surface area contributed by atoms with Crippen molar-refractivity contribution in [3.05, 3.63) is 90.5 Å². The molecule has 0 aliphatic heterocycles. The van der Waals surface area contributed by atoms with Crippen molar-refractivity contribution < 1.29 is 4.79 Å². The van der Waals surface area contributed by atoms with Gasteiger partial charge in [0.1, 0.15) is 0 Å². The van der Waals surface area contributed by atoms with Gasteiger partial charge in [0, 0.05) is 18.4 Å². The second-order valence-electron chi connectivity index (χ2n) is 5.04. The molecule has 0 radical (unpaired) electrons. The minimum Gasteiger partial charge on any atom is -0.288 e. The van der Waals surface area contributed by atoms with Crippen molar-refractivity contribution in [1.29, 1.82) is 0 Å². The van der Waals surface area contributed by atoms with Gasteiger partial charge in [-0.2, -0.15) is 0 Å². The second-order valence-corrected chi connectivity index (χ2v) is 8.03. The van der Waals surface area contributed by atoms with Gasteiger partial charge in [0.05, 0.1) is 0 Å². The van der Waals surface area contributed by atoms with E-state index in [1.165, 1.54) is 4.90 Å². The summed E-state index contributed by atoms with van der Waals surface area (Å²) in [5, 5.41) is 2.18. The van der Waals surface area contributed by atoms with E-state index in [1.807, 2.05) is 91.2 Å². The topological polar surface area (TPSA) is 17.1 Å². The Morgan fingerprint density at radius 1 is 0.739 bits per heavy atom. The Balaban J connectivity index is 2.02. The van der Waals surface area contributed by atoms with Crippen LogP contribution in [0.15, 0.2) is 89.8 Å². The van der Waals surface area contributed by atoms with Gasteiger partial charge < -0.3 is 0 Å². The maximum absolute atomic E-state index is 13.2. The molecule has 0 aliphatic rings. The Bertz CT molecular complexity index is 730. The van der Waals surface area contributed by atoms with E-state index in [2.05, 4.69) is 0 Å². The van der Waals surface area contributed by atoms with Crippen LogP contribution in [0.1, 0.15) is 10.4 Å². The molecule has 0 unspecified atom stereocenters. The lowest BCUT2D eigenvalue weighted by molar-refractivity contribution is 0.108. The van der Waals surface area contributed by atoms with Crippen LogP contribution < -0.4 is 10.6 Å². The number of hydrogen-bond acceptors (Lipinski definition) is 2. The van der Waals surface area contributed by atoms with E-state index in [0.717, 1.165) is 16.2 Å². The maximum atomic E-state index is 13.2. The van der Waals surface area contributed by atoms with Crippen LogP contribution in [0.5, 0.6) is 0 Å². The van der Waals surface area contributed by atoms with Crippen LogP contribution in [0.2, 0.25) is 0 Å². The molecule has 114 valence electrons. The van der Waals surface area contributed by atoms with Gasteiger partial charge >= 0.3 is 0 Å². The molecule has 0 amide bonds. The Morgan fingerprint density at radius 3 is 1.65 bits per heavy atom. The van der Waals surface area contributed by atoms with Gasteiger partial charge in [0.15, 0.2) is 5.52 Å². The molecule has 0 heterocycles. The summed E-state index contributed by atoms with van der Waals surface area (Å²) in [7, 11) is -1.05. The normalized spacial score (nSPS) is 10.7. The third-order valence-electron chi connectivity index (χ3n) is 3.57. The predicted octanol–water partition coefficient (Wildman–Crippen LogP) is 4.68. The monoisotopic (exact) mass is 336 g/mol. The summed E-state index contributed by atoms with van der Waals surface area (Å²) in [6.45, 7) is 0. The molecule has 3 heteroatoms. The summed E-state index contributed by atoms with van der Waals surface area (Å²) in [4.78, 5) is 14.3. The van der Waals surface area contributed by atoms with Crippen LogP contribution in [-0.4, -0.2) is 11.8 Å². The van der Waals surface area contributed by atoms with Crippen LogP contribution in [-0.2, 0) is 0 Å². The summed E-state index contributed by atoms with van der Waals surface area (Å²) in [5.74, 6) is 0. The largest absolute Gasteiger partial charge is 0.288 e. The van der Waals surface area contributed by atoms with E-state index in [0.29, 0.717) is 0 Å². The first-order valence-electron chi connectivity index (χ1n) is 7.38. The highest BCUT2D eigenvalue weighted by Gasteiger charge is 2.23. The van der Waals surface area contributed by atoms with Gasteiger partial charge in [-0.15, -0.1) is 11.8 Å². The van der Waals surface area contributed by atoms with Gasteiger partial charge in [-0.05, 0) is 41.1 Å². The third-order valence-corrected chi connectivity index (χ3v) is 6.61. The first-order chi connectivity index (χ1) is 11.3. The molecule has 0 spiro atoms. The fourth-order valence-electron chi connectivity index (χ4n) is 2.40. The summed E-state index contributed by atoms with van der Waals surface area (Å²) in [6, 6.07) is 28.1. The Labute approximate surface area is 142 Å².